The van der Waals surface area contributed by atoms with Crippen LogP contribution in [0.5, 0.6) is 0 Å². The van der Waals surface area contributed by atoms with Crippen molar-refractivity contribution in [2.24, 2.45) is 7.05 Å². The summed E-state index contributed by atoms with van der Waals surface area (Å²) in [6, 6.07) is 20.0. The first kappa shape index (κ1) is 15.2. The molecular formula is C20H24N4. The molecule has 24 heavy (non-hydrogen) atoms. The molecule has 0 bridgehead atoms. The minimum Gasteiger partial charge on any atom is -0.353 e. The van der Waals surface area contributed by atoms with E-state index in [0.717, 1.165) is 37.3 Å². The standard InChI is InChI=1S/C20H24N4/c1-24-19-10-6-5-9-18(19)23-20(24)22-16-11-12-21-17(14-16)13-15-7-3-2-4-8-15/h2-10,16-17,21H,11-14H2,1H3,(H,22,23)/t16-,17-/m0/s1. The van der Waals surface area contributed by atoms with Crippen LogP contribution in [0.1, 0.15) is 18.4 Å². The molecule has 2 heterocycles. The second kappa shape index (κ2) is 6.65. The molecule has 0 unspecified atom stereocenters. The summed E-state index contributed by atoms with van der Waals surface area (Å²) in [5.41, 5.74) is 3.63. The lowest BCUT2D eigenvalue weighted by Gasteiger charge is -2.31. The highest BCUT2D eigenvalue weighted by atomic mass is 15.2. The maximum absolute atomic E-state index is 4.75. The van der Waals surface area contributed by atoms with Gasteiger partial charge in [-0.3, -0.25) is 0 Å². The number of benzene rings is 2. The molecule has 124 valence electrons. The second-order valence-electron chi connectivity index (χ2n) is 6.69. The number of fused-ring (bicyclic) bond motifs is 1. The molecule has 4 heteroatoms. The lowest BCUT2D eigenvalue weighted by molar-refractivity contribution is 0.372. The molecule has 4 rings (SSSR count). The van der Waals surface area contributed by atoms with E-state index in [-0.39, 0.29) is 0 Å². The highest BCUT2D eigenvalue weighted by molar-refractivity contribution is 5.78. The van der Waals surface area contributed by atoms with Gasteiger partial charge in [0.2, 0.25) is 5.95 Å². The third-order valence-corrected chi connectivity index (χ3v) is 4.94. The molecule has 2 N–H and O–H groups in total. The van der Waals surface area contributed by atoms with E-state index < -0.39 is 0 Å². The summed E-state index contributed by atoms with van der Waals surface area (Å²) in [4.78, 5) is 4.75. The van der Waals surface area contributed by atoms with Gasteiger partial charge in [-0.05, 0) is 43.5 Å². The van der Waals surface area contributed by atoms with E-state index in [1.165, 1.54) is 11.1 Å². The van der Waals surface area contributed by atoms with Crippen molar-refractivity contribution < 1.29 is 0 Å². The van der Waals surface area contributed by atoms with E-state index in [4.69, 9.17) is 4.98 Å². The highest BCUT2D eigenvalue weighted by Gasteiger charge is 2.23. The molecule has 0 radical (unpaired) electrons. The van der Waals surface area contributed by atoms with Gasteiger partial charge in [-0.2, -0.15) is 0 Å². The Labute approximate surface area is 142 Å². The zero-order valence-corrected chi connectivity index (χ0v) is 14.1. The van der Waals surface area contributed by atoms with Crippen molar-refractivity contribution >= 4 is 17.0 Å². The number of piperidine rings is 1. The molecule has 1 aliphatic rings. The molecule has 2 aromatic carbocycles. The average molecular weight is 320 g/mol. The van der Waals surface area contributed by atoms with E-state index in [0.29, 0.717) is 12.1 Å². The van der Waals surface area contributed by atoms with E-state index in [1.807, 2.05) is 6.07 Å². The van der Waals surface area contributed by atoms with Crippen LogP contribution in [-0.2, 0) is 13.5 Å². The largest absolute Gasteiger partial charge is 0.353 e. The number of para-hydroxylation sites is 2. The summed E-state index contributed by atoms with van der Waals surface area (Å²) in [7, 11) is 2.08. The third-order valence-electron chi connectivity index (χ3n) is 4.94. The van der Waals surface area contributed by atoms with Crippen molar-refractivity contribution in [2.45, 2.75) is 31.3 Å². The smallest absolute Gasteiger partial charge is 0.203 e. The van der Waals surface area contributed by atoms with E-state index in [1.54, 1.807) is 0 Å². The predicted molar refractivity (Wildman–Crippen MR) is 99.3 cm³/mol. The molecule has 0 aliphatic carbocycles. The van der Waals surface area contributed by atoms with Gasteiger partial charge >= 0.3 is 0 Å². The van der Waals surface area contributed by atoms with Gasteiger partial charge in [-0.15, -0.1) is 0 Å². The molecule has 0 amide bonds. The molecule has 0 saturated carbocycles. The number of aryl methyl sites for hydroxylation is 1. The maximum Gasteiger partial charge on any atom is 0.203 e. The van der Waals surface area contributed by atoms with Crippen LogP contribution in [-0.4, -0.2) is 28.2 Å². The molecule has 0 spiro atoms. The summed E-state index contributed by atoms with van der Waals surface area (Å²) >= 11 is 0. The lowest BCUT2D eigenvalue weighted by Crippen LogP contribution is -2.44. The van der Waals surface area contributed by atoms with E-state index >= 15 is 0 Å². The number of hydrogen-bond acceptors (Lipinski definition) is 3. The van der Waals surface area contributed by atoms with Crippen LogP contribution in [0.3, 0.4) is 0 Å². The summed E-state index contributed by atoms with van der Waals surface area (Å²) in [5.74, 6) is 0.974. The third kappa shape index (κ3) is 3.15. The van der Waals surface area contributed by atoms with Gasteiger partial charge in [0.25, 0.3) is 0 Å². The molecular weight excluding hydrogens is 296 g/mol. The Bertz CT molecular complexity index is 809. The Morgan fingerprint density at radius 3 is 2.75 bits per heavy atom. The van der Waals surface area contributed by atoms with Gasteiger partial charge in [0.1, 0.15) is 0 Å². The Morgan fingerprint density at radius 2 is 1.92 bits per heavy atom. The van der Waals surface area contributed by atoms with Crippen molar-refractivity contribution in [3.63, 3.8) is 0 Å². The summed E-state index contributed by atoms with van der Waals surface area (Å²) < 4.78 is 2.16. The fourth-order valence-electron chi connectivity index (χ4n) is 3.65. The zero-order valence-electron chi connectivity index (χ0n) is 14.1. The number of anilines is 1. The van der Waals surface area contributed by atoms with Gasteiger partial charge in [-0.1, -0.05) is 42.5 Å². The lowest BCUT2D eigenvalue weighted by atomic mass is 9.94. The van der Waals surface area contributed by atoms with Crippen LogP contribution < -0.4 is 10.6 Å². The maximum atomic E-state index is 4.75. The summed E-state index contributed by atoms with van der Waals surface area (Å²) in [5, 5.41) is 7.32. The average Bonchev–Trinajstić information content (AvgIpc) is 2.92. The van der Waals surface area contributed by atoms with Crippen molar-refractivity contribution in [1.82, 2.24) is 14.9 Å². The normalized spacial score (nSPS) is 21.0. The fourth-order valence-corrected chi connectivity index (χ4v) is 3.65. The van der Waals surface area contributed by atoms with Crippen LogP contribution in [0.4, 0.5) is 5.95 Å². The number of nitrogens with zero attached hydrogens (tertiary/aromatic N) is 2. The van der Waals surface area contributed by atoms with Gasteiger partial charge in [0.05, 0.1) is 11.0 Å². The Balaban J connectivity index is 1.45. The Morgan fingerprint density at radius 1 is 1.12 bits per heavy atom. The number of imidazole rings is 1. The molecule has 1 fully saturated rings. The molecule has 1 aromatic heterocycles. The zero-order chi connectivity index (χ0) is 16.4. The van der Waals surface area contributed by atoms with E-state index in [2.05, 4.69) is 70.8 Å². The Kier molecular flexibility index (Phi) is 4.22. The van der Waals surface area contributed by atoms with Gasteiger partial charge in [0, 0.05) is 19.1 Å². The molecule has 3 aromatic rings. The molecule has 1 saturated heterocycles. The topological polar surface area (TPSA) is 41.9 Å². The van der Waals surface area contributed by atoms with Crippen molar-refractivity contribution in [3.8, 4) is 0 Å². The number of hydrogen-bond donors (Lipinski definition) is 2. The van der Waals surface area contributed by atoms with Crippen LogP contribution in [0.15, 0.2) is 54.6 Å². The molecule has 2 atom stereocenters. The van der Waals surface area contributed by atoms with Crippen LogP contribution in [0, 0.1) is 0 Å². The number of aromatic nitrogens is 2. The van der Waals surface area contributed by atoms with Gasteiger partial charge in [0.15, 0.2) is 0 Å². The van der Waals surface area contributed by atoms with E-state index in [9.17, 15) is 0 Å². The first-order chi connectivity index (χ1) is 11.8. The molecule has 4 nitrogen and oxygen atoms in total. The summed E-state index contributed by atoms with van der Waals surface area (Å²) in [6.07, 6.45) is 3.34. The fraction of sp³-hybridized carbons (Fsp3) is 0.350. The highest BCUT2D eigenvalue weighted by Crippen LogP contribution is 2.21. The first-order valence-electron chi connectivity index (χ1n) is 8.75. The molecule has 1 aliphatic heterocycles. The number of rotatable bonds is 4. The second-order valence-corrected chi connectivity index (χ2v) is 6.69. The van der Waals surface area contributed by atoms with Crippen LogP contribution in [0.2, 0.25) is 0 Å². The van der Waals surface area contributed by atoms with Gasteiger partial charge in [-0.25, -0.2) is 4.98 Å². The quantitative estimate of drug-likeness (QED) is 0.775. The SMILES string of the molecule is Cn1c(N[C@H]2CCN[C@@H](Cc3ccccc3)C2)nc2ccccc21. The minimum absolute atomic E-state index is 0.468. The summed E-state index contributed by atoms with van der Waals surface area (Å²) in [6.45, 7) is 1.05. The monoisotopic (exact) mass is 320 g/mol. The first-order valence-corrected chi connectivity index (χ1v) is 8.75. The predicted octanol–water partition coefficient (Wildman–Crippen LogP) is 3.35. The Hall–Kier alpha value is -2.33. The van der Waals surface area contributed by atoms with Crippen LogP contribution >= 0.6 is 0 Å². The van der Waals surface area contributed by atoms with Crippen molar-refractivity contribution in [1.29, 1.82) is 0 Å². The minimum atomic E-state index is 0.468. The van der Waals surface area contributed by atoms with Crippen molar-refractivity contribution in [2.75, 3.05) is 11.9 Å². The van der Waals surface area contributed by atoms with Crippen molar-refractivity contribution in [3.05, 3.63) is 60.2 Å². The number of nitrogens with one attached hydrogen (secondary N) is 2. The van der Waals surface area contributed by atoms with Crippen LogP contribution in [0.25, 0.3) is 11.0 Å². The van der Waals surface area contributed by atoms with Gasteiger partial charge < -0.3 is 15.2 Å².